The predicted octanol–water partition coefficient (Wildman–Crippen LogP) is 2.61. The van der Waals surface area contributed by atoms with Crippen molar-refractivity contribution in [2.45, 2.75) is 12.5 Å². The fourth-order valence-electron chi connectivity index (χ4n) is 2.99. The molecule has 0 radical (unpaired) electrons. The van der Waals surface area contributed by atoms with Gasteiger partial charge in [0.1, 0.15) is 5.82 Å². The Morgan fingerprint density at radius 2 is 2.00 bits per heavy atom. The summed E-state index contributed by atoms with van der Waals surface area (Å²) >= 11 is 6.25. The van der Waals surface area contributed by atoms with Gasteiger partial charge in [-0.15, -0.1) is 0 Å². The van der Waals surface area contributed by atoms with Crippen molar-refractivity contribution in [2.75, 3.05) is 38.3 Å². The lowest BCUT2D eigenvalue weighted by Gasteiger charge is -2.27. The number of nitrogens with one attached hydrogen (secondary N) is 1. The molecule has 8 heteroatoms. The third-order valence-electron chi connectivity index (χ3n) is 4.53. The average molecular weight is 404 g/mol. The number of rotatable bonds is 6. The van der Waals surface area contributed by atoms with Crippen LogP contribution in [0.15, 0.2) is 42.6 Å². The molecule has 3 rings (SSSR count). The van der Waals surface area contributed by atoms with Crippen LogP contribution in [0.4, 0.5) is 5.82 Å². The van der Waals surface area contributed by atoms with Crippen LogP contribution in [0.5, 0.6) is 0 Å². The number of carbonyl (C=O) groups excluding carboxylic acids is 2. The Labute approximate surface area is 168 Å². The Morgan fingerprint density at radius 1 is 1.25 bits per heavy atom. The van der Waals surface area contributed by atoms with Crippen molar-refractivity contribution >= 4 is 29.3 Å². The lowest BCUT2D eigenvalue weighted by molar-refractivity contribution is -0.141. The zero-order valence-electron chi connectivity index (χ0n) is 15.6. The molecule has 0 saturated carbocycles. The summed E-state index contributed by atoms with van der Waals surface area (Å²) in [6.45, 7) is 2.87. The van der Waals surface area contributed by atoms with E-state index in [0.717, 1.165) is 18.9 Å². The molecule has 1 aromatic carbocycles. The lowest BCUT2D eigenvalue weighted by Crippen LogP contribution is -2.36. The van der Waals surface area contributed by atoms with E-state index in [-0.39, 0.29) is 12.3 Å². The van der Waals surface area contributed by atoms with E-state index >= 15 is 0 Å². The number of pyridine rings is 1. The molecule has 0 spiro atoms. The van der Waals surface area contributed by atoms with Crippen molar-refractivity contribution in [2.24, 2.45) is 0 Å². The standard InChI is InChI=1S/C20H22ClN3O4/c1-27-19(25)12-17(15-4-2-3-5-16(15)21)23-20(26)14-6-7-18(22-13-14)24-8-10-28-11-9-24/h2-7,13,17H,8-12H2,1H3,(H,23,26)/t17-/m1/s1. The van der Waals surface area contributed by atoms with Gasteiger partial charge >= 0.3 is 5.97 Å². The smallest absolute Gasteiger partial charge is 0.307 e. The van der Waals surface area contributed by atoms with E-state index in [9.17, 15) is 9.59 Å². The number of hydrogen-bond acceptors (Lipinski definition) is 6. The van der Waals surface area contributed by atoms with Gasteiger partial charge in [0.2, 0.25) is 0 Å². The van der Waals surface area contributed by atoms with E-state index < -0.39 is 12.0 Å². The van der Waals surface area contributed by atoms with Gasteiger partial charge in [-0.2, -0.15) is 0 Å². The number of morpholine rings is 1. The zero-order chi connectivity index (χ0) is 19.9. The number of nitrogens with zero attached hydrogens (tertiary/aromatic N) is 2. The Bertz CT molecular complexity index is 822. The van der Waals surface area contributed by atoms with Gasteiger partial charge in [0.25, 0.3) is 5.91 Å². The quantitative estimate of drug-likeness (QED) is 0.747. The van der Waals surface area contributed by atoms with Crippen LogP contribution < -0.4 is 10.2 Å². The number of anilines is 1. The molecule has 1 saturated heterocycles. The number of benzene rings is 1. The molecule has 1 N–H and O–H groups in total. The monoisotopic (exact) mass is 403 g/mol. The van der Waals surface area contributed by atoms with Gasteiger partial charge in [0, 0.05) is 24.3 Å². The maximum absolute atomic E-state index is 12.7. The normalized spacial score (nSPS) is 15.0. The predicted molar refractivity (Wildman–Crippen MR) is 106 cm³/mol. The highest BCUT2D eigenvalue weighted by Crippen LogP contribution is 2.26. The Hall–Kier alpha value is -2.64. The van der Waals surface area contributed by atoms with E-state index in [4.69, 9.17) is 21.1 Å². The summed E-state index contributed by atoms with van der Waals surface area (Å²) in [7, 11) is 1.31. The van der Waals surface area contributed by atoms with Crippen molar-refractivity contribution in [3.05, 3.63) is 58.7 Å². The molecule has 2 aromatic rings. The highest BCUT2D eigenvalue weighted by atomic mass is 35.5. The number of ether oxygens (including phenoxy) is 2. The molecule has 7 nitrogen and oxygen atoms in total. The van der Waals surface area contributed by atoms with Crippen molar-refractivity contribution in [3.8, 4) is 0 Å². The summed E-state index contributed by atoms with van der Waals surface area (Å²) in [6.07, 6.45) is 1.51. The molecule has 0 bridgehead atoms. The molecule has 0 unspecified atom stereocenters. The summed E-state index contributed by atoms with van der Waals surface area (Å²) in [5, 5.41) is 3.33. The average Bonchev–Trinajstić information content (AvgIpc) is 2.74. The molecule has 1 atom stereocenters. The molecule has 1 aliphatic rings. The van der Waals surface area contributed by atoms with Gasteiger partial charge in [0.05, 0.1) is 38.3 Å². The number of methoxy groups -OCH3 is 1. The molecule has 2 heterocycles. The van der Waals surface area contributed by atoms with Crippen LogP contribution in [-0.2, 0) is 14.3 Å². The van der Waals surface area contributed by atoms with Crippen molar-refractivity contribution in [3.63, 3.8) is 0 Å². The van der Waals surface area contributed by atoms with Crippen molar-refractivity contribution in [1.29, 1.82) is 0 Å². The Balaban J connectivity index is 1.74. The maximum Gasteiger partial charge on any atom is 0.307 e. The minimum absolute atomic E-state index is 0.0226. The van der Waals surface area contributed by atoms with Crippen LogP contribution in [0.25, 0.3) is 0 Å². The fourth-order valence-corrected chi connectivity index (χ4v) is 3.26. The summed E-state index contributed by atoms with van der Waals surface area (Å²) in [6, 6.07) is 10.0. The molecule has 1 amide bonds. The van der Waals surface area contributed by atoms with Gasteiger partial charge in [-0.3, -0.25) is 9.59 Å². The molecule has 148 valence electrons. The SMILES string of the molecule is COC(=O)C[C@@H](NC(=O)c1ccc(N2CCOCC2)nc1)c1ccccc1Cl. The topological polar surface area (TPSA) is 80.8 Å². The van der Waals surface area contributed by atoms with E-state index in [0.29, 0.717) is 29.4 Å². The van der Waals surface area contributed by atoms with Crippen LogP contribution >= 0.6 is 11.6 Å². The Kier molecular flexibility index (Phi) is 6.84. The summed E-state index contributed by atoms with van der Waals surface area (Å²) in [4.78, 5) is 31.0. The van der Waals surface area contributed by atoms with Gasteiger partial charge in [-0.05, 0) is 23.8 Å². The number of carbonyl (C=O) groups is 2. The number of amides is 1. The largest absolute Gasteiger partial charge is 0.469 e. The Morgan fingerprint density at radius 3 is 2.64 bits per heavy atom. The minimum Gasteiger partial charge on any atom is -0.469 e. The van der Waals surface area contributed by atoms with E-state index in [1.54, 1.807) is 30.3 Å². The first-order valence-corrected chi connectivity index (χ1v) is 9.37. The van der Waals surface area contributed by atoms with Crippen LogP contribution in [0.2, 0.25) is 5.02 Å². The third kappa shape index (κ3) is 4.99. The number of hydrogen-bond donors (Lipinski definition) is 1. The number of halogens is 1. The van der Waals surface area contributed by atoms with Crippen molar-refractivity contribution in [1.82, 2.24) is 10.3 Å². The lowest BCUT2D eigenvalue weighted by atomic mass is 10.0. The molecule has 1 aromatic heterocycles. The van der Waals surface area contributed by atoms with Gasteiger partial charge < -0.3 is 19.7 Å². The van der Waals surface area contributed by atoms with E-state index in [1.165, 1.54) is 13.3 Å². The van der Waals surface area contributed by atoms with Crippen LogP contribution in [0.1, 0.15) is 28.4 Å². The third-order valence-corrected chi connectivity index (χ3v) is 4.87. The first-order chi connectivity index (χ1) is 13.6. The van der Waals surface area contributed by atoms with Crippen molar-refractivity contribution < 1.29 is 19.1 Å². The molecule has 0 aliphatic carbocycles. The fraction of sp³-hybridized carbons (Fsp3) is 0.350. The van der Waals surface area contributed by atoms with Crippen LogP contribution in [0, 0.1) is 0 Å². The molecule has 1 aliphatic heterocycles. The molecule has 28 heavy (non-hydrogen) atoms. The molecule has 1 fully saturated rings. The number of aromatic nitrogens is 1. The van der Waals surface area contributed by atoms with Crippen LogP contribution in [-0.4, -0.2) is 50.3 Å². The highest BCUT2D eigenvalue weighted by molar-refractivity contribution is 6.31. The zero-order valence-corrected chi connectivity index (χ0v) is 16.3. The van der Waals surface area contributed by atoms with E-state index in [2.05, 4.69) is 15.2 Å². The van der Waals surface area contributed by atoms with Gasteiger partial charge in [0.15, 0.2) is 0 Å². The first-order valence-electron chi connectivity index (χ1n) is 8.99. The van der Waals surface area contributed by atoms with Gasteiger partial charge in [-0.25, -0.2) is 4.98 Å². The van der Waals surface area contributed by atoms with E-state index in [1.807, 2.05) is 6.07 Å². The summed E-state index contributed by atoms with van der Waals surface area (Å²) in [5.74, 6) is 0.0259. The highest BCUT2D eigenvalue weighted by Gasteiger charge is 2.22. The molecular weight excluding hydrogens is 382 g/mol. The summed E-state index contributed by atoms with van der Waals surface area (Å²) in [5.41, 5.74) is 1.06. The second-order valence-corrected chi connectivity index (χ2v) is 6.74. The maximum atomic E-state index is 12.7. The first kappa shape index (κ1) is 20.1. The van der Waals surface area contributed by atoms with Crippen LogP contribution in [0.3, 0.4) is 0 Å². The van der Waals surface area contributed by atoms with Gasteiger partial charge in [-0.1, -0.05) is 29.8 Å². The summed E-state index contributed by atoms with van der Waals surface area (Å²) < 4.78 is 10.1. The number of esters is 1. The second-order valence-electron chi connectivity index (χ2n) is 6.33. The molecular formula is C20H22ClN3O4. The minimum atomic E-state index is -0.604. The second kappa shape index (κ2) is 9.52.